The molecule has 0 aromatic rings. The molecule has 5 nitrogen and oxygen atoms in total. The van der Waals surface area contributed by atoms with Crippen LogP contribution in [0.2, 0.25) is 0 Å². The van der Waals surface area contributed by atoms with Crippen molar-refractivity contribution >= 4 is 11.9 Å². The number of ether oxygens (including phenoxy) is 1. The van der Waals surface area contributed by atoms with Crippen LogP contribution in [0, 0.1) is 5.92 Å². The van der Waals surface area contributed by atoms with Crippen LogP contribution in [0.4, 0.5) is 0 Å². The van der Waals surface area contributed by atoms with E-state index in [2.05, 4.69) is 5.73 Å². The van der Waals surface area contributed by atoms with Crippen molar-refractivity contribution in [1.29, 1.82) is 0 Å². The van der Waals surface area contributed by atoms with E-state index in [4.69, 9.17) is 9.84 Å². The lowest BCUT2D eigenvalue weighted by Gasteiger charge is -2.19. The number of carbonyl (C=O) groups excluding carboxylic acids is 1. The van der Waals surface area contributed by atoms with Crippen molar-refractivity contribution in [2.75, 3.05) is 0 Å². The first-order chi connectivity index (χ1) is 7.93. The summed E-state index contributed by atoms with van der Waals surface area (Å²) in [6.07, 6.45) is 2.72. The highest BCUT2D eigenvalue weighted by molar-refractivity contribution is 5.75. The normalized spacial score (nSPS) is 14.4. The van der Waals surface area contributed by atoms with Crippen LogP contribution in [0.5, 0.6) is 0 Å². The van der Waals surface area contributed by atoms with Crippen molar-refractivity contribution in [1.82, 2.24) is 0 Å². The zero-order valence-corrected chi connectivity index (χ0v) is 10.9. The van der Waals surface area contributed by atoms with Gasteiger partial charge < -0.3 is 15.6 Å². The second-order valence-electron chi connectivity index (χ2n) is 4.36. The summed E-state index contributed by atoms with van der Waals surface area (Å²) < 4.78 is 5.16. The molecule has 4 N–H and O–H groups in total. The van der Waals surface area contributed by atoms with Crippen LogP contribution in [-0.4, -0.2) is 29.2 Å². The van der Waals surface area contributed by atoms with Gasteiger partial charge in [-0.25, -0.2) is 4.79 Å². The third-order valence-electron chi connectivity index (χ3n) is 2.79. The molecule has 0 aliphatic rings. The van der Waals surface area contributed by atoms with Crippen LogP contribution in [-0.2, 0) is 14.3 Å². The molecule has 0 saturated carbocycles. The Morgan fingerprint density at radius 1 is 1.24 bits per heavy atom. The minimum atomic E-state index is -1.05. The van der Waals surface area contributed by atoms with Crippen LogP contribution in [0.3, 0.4) is 0 Å². The molecule has 17 heavy (non-hydrogen) atoms. The van der Waals surface area contributed by atoms with E-state index in [1.165, 1.54) is 0 Å². The highest BCUT2D eigenvalue weighted by Gasteiger charge is 2.29. The number of aliphatic carboxylic acids is 1. The summed E-state index contributed by atoms with van der Waals surface area (Å²) in [5, 5.41) is 8.76. The molecular weight excluding hydrogens is 222 g/mol. The van der Waals surface area contributed by atoms with Gasteiger partial charge in [-0.15, -0.1) is 0 Å². The quantitative estimate of drug-likeness (QED) is 0.620. The van der Waals surface area contributed by atoms with E-state index in [1.54, 1.807) is 6.92 Å². The number of hydrogen-bond acceptors (Lipinski definition) is 3. The lowest BCUT2D eigenvalue weighted by atomic mass is 9.98. The highest BCUT2D eigenvalue weighted by Crippen LogP contribution is 2.16. The monoisotopic (exact) mass is 246 g/mol. The number of carbonyl (C=O) groups is 2. The summed E-state index contributed by atoms with van der Waals surface area (Å²) >= 11 is 0. The minimum absolute atomic E-state index is 0.117. The van der Waals surface area contributed by atoms with E-state index in [0.29, 0.717) is 0 Å². The SMILES string of the molecule is CCCC(CCC)C(=O)O[C@H](C)C([NH3+])C(=O)O. The van der Waals surface area contributed by atoms with Gasteiger partial charge in [0.1, 0.15) is 0 Å². The largest absolute Gasteiger partial charge is 0.477 e. The molecule has 0 rings (SSSR count). The maximum Gasteiger partial charge on any atom is 0.366 e. The van der Waals surface area contributed by atoms with Gasteiger partial charge in [-0.3, -0.25) is 4.79 Å². The van der Waals surface area contributed by atoms with E-state index in [9.17, 15) is 9.59 Å². The summed E-state index contributed by atoms with van der Waals surface area (Å²) in [5.41, 5.74) is 3.47. The molecule has 5 heteroatoms. The van der Waals surface area contributed by atoms with Gasteiger partial charge in [0.05, 0.1) is 5.92 Å². The summed E-state index contributed by atoms with van der Waals surface area (Å²) in [4.78, 5) is 22.5. The van der Waals surface area contributed by atoms with E-state index < -0.39 is 18.1 Å². The van der Waals surface area contributed by atoms with E-state index in [1.807, 2.05) is 13.8 Å². The summed E-state index contributed by atoms with van der Waals surface area (Å²) in [6, 6.07) is -0.914. The van der Waals surface area contributed by atoms with Gasteiger partial charge in [0.2, 0.25) is 6.04 Å². The first-order valence-electron chi connectivity index (χ1n) is 6.20. The first kappa shape index (κ1) is 15.9. The maximum absolute atomic E-state index is 11.8. The second-order valence-corrected chi connectivity index (χ2v) is 4.36. The van der Waals surface area contributed by atoms with Crippen LogP contribution in [0.1, 0.15) is 46.5 Å². The molecule has 0 aliphatic carbocycles. The standard InChI is InChI=1S/C12H23NO4/c1-4-6-9(7-5-2)12(16)17-8(3)10(13)11(14)15/h8-10H,4-7,13H2,1-3H3,(H,14,15)/p+1/t8-,10?/m1/s1. The van der Waals surface area contributed by atoms with Gasteiger partial charge in [-0.2, -0.15) is 0 Å². The van der Waals surface area contributed by atoms with E-state index in [0.717, 1.165) is 25.7 Å². The minimum Gasteiger partial charge on any atom is -0.477 e. The molecule has 0 fully saturated rings. The molecule has 1 unspecified atom stereocenters. The van der Waals surface area contributed by atoms with E-state index in [-0.39, 0.29) is 11.9 Å². The third-order valence-corrected chi connectivity index (χ3v) is 2.79. The first-order valence-corrected chi connectivity index (χ1v) is 6.20. The van der Waals surface area contributed by atoms with Gasteiger partial charge >= 0.3 is 11.9 Å². The van der Waals surface area contributed by atoms with Crippen LogP contribution < -0.4 is 5.73 Å². The van der Waals surface area contributed by atoms with Crippen molar-refractivity contribution in [3.05, 3.63) is 0 Å². The Balaban J connectivity index is 4.33. The molecule has 0 aromatic carbocycles. The zero-order valence-electron chi connectivity index (χ0n) is 10.9. The molecule has 2 atom stereocenters. The predicted octanol–water partition coefficient (Wildman–Crippen LogP) is 0.830. The molecule has 0 aliphatic heterocycles. The Hall–Kier alpha value is -1.10. The lowest BCUT2D eigenvalue weighted by molar-refractivity contribution is -0.423. The molecule has 0 heterocycles. The maximum atomic E-state index is 11.8. The fourth-order valence-corrected chi connectivity index (χ4v) is 1.64. The molecule has 100 valence electrons. The van der Waals surface area contributed by atoms with Gasteiger partial charge in [-0.1, -0.05) is 26.7 Å². The van der Waals surface area contributed by atoms with Crippen molar-refractivity contribution in [3.63, 3.8) is 0 Å². The van der Waals surface area contributed by atoms with E-state index >= 15 is 0 Å². The number of esters is 1. The fourth-order valence-electron chi connectivity index (χ4n) is 1.64. The van der Waals surface area contributed by atoms with Crippen LogP contribution >= 0.6 is 0 Å². The molecule has 0 saturated heterocycles. The third kappa shape index (κ3) is 5.68. The summed E-state index contributed by atoms with van der Waals surface area (Å²) in [6.45, 7) is 5.60. The second kappa shape index (κ2) is 8.06. The molecule has 0 aromatic heterocycles. The Morgan fingerprint density at radius 3 is 2.06 bits per heavy atom. The predicted molar refractivity (Wildman–Crippen MR) is 63.2 cm³/mol. The van der Waals surface area contributed by atoms with Crippen molar-refractivity contribution in [2.24, 2.45) is 5.92 Å². The average molecular weight is 246 g/mol. The molecule has 0 amide bonds. The number of rotatable bonds is 8. The molecular formula is C12H24NO4+. The average Bonchev–Trinajstić information content (AvgIpc) is 2.27. The van der Waals surface area contributed by atoms with Crippen molar-refractivity contribution < 1.29 is 25.2 Å². The zero-order chi connectivity index (χ0) is 13.4. The van der Waals surface area contributed by atoms with Gasteiger partial charge in [0, 0.05) is 0 Å². The van der Waals surface area contributed by atoms with Gasteiger partial charge in [0.15, 0.2) is 6.10 Å². The molecule has 0 spiro atoms. The molecule has 0 radical (unpaired) electrons. The van der Waals surface area contributed by atoms with Crippen molar-refractivity contribution in [2.45, 2.75) is 58.6 Å². The van der Waals surface area contributed by atoms with Crippen LogP contribution in [0.25, 0.3) is 0 Å². The highest BCUT2D eigenvalue weighted by atomic mass is 16.5. The number of hydrogen-bond donors (Lipinski definition) is 2. The van der Waals surface area contributed by atoms with Crippen LogP contribution in [0.15, 0.2) is 0 Å². The lowest BCUT2D eigenvalue weighted by Crippen LogP contribution is -2.70. The Kier molecular flexibility index (Phi) is 7.54. The van der Waals surface area contributed by atoms with Gasteiger partial charge in [0.25, 0.3) is 0 Å². The Morgan fingerprint density at radius 2 is 1.71 bits per heavy atom. The molecule has 0 bridgehead atoms. The Bertz CT molecular complexity index is 249. The number of carboxylic acids is 1. The van der Waals surface area contributed by atoms with Gasteiger partial charge in [-0.05, 0) is 19.8 Å². The number of carboxylic acid groups (broad SMARTS) is 1. The number of quaternary nitrogens is 1. The van der Waals surface area contributed by atoms with Crippen molar-refractivity contribution in [3.8, 4) is 0 Å². The Labute approximate surface area is 102 Å². The smallest absolute Gasteiger partial charge is 0.366 e. The topological polar surface area (TPSA) is 91.2 Å². The summed E-state index contributed by atoms with van der Waals surface area (Å²) in [7, 11) is 0. The fraction of sp³-hybridized carbons (Fsp3) is 0.833. The summed E-state index contributed by atoms with van der Waals surface area (Å²) in [5.74, 6) is -1.46.